The van der Waals surface area contributed by atoms with Gasteiger partial charge in [0.05, 0.1) is 12.8 Å². The van der Waals surface area contributed by atoms with Gasteiger partial charge in [-0.15, -0.1) is 0 Å². The third kappa shape index (κ3) is 5.34. The molecule has 1 aromatic carbocycles. The van der Waals surface area contributed by atoms with E-state index in [0.717, 1.165) is 34.6 Å². The summed E-state index contributed by atoms with van der Waals surface area (Å²) in [5, 5.41) is 3.97. The lowest BCUT2D eigenvalue weighted by Crippen LogP contribution is -2.40. The van der Waals surface area contributed by atoms with Crippen LogP contribution in [-0.2, 0) is 4.79 Å². The molecule has 0 atom stereocenters. The summed E-state index contributed by atoms with van der Waals surface area (Å²) in [6.07, 6.45) is 1.65. The number of halogens is 1. The molecule has 19 heavy (non-hydrogen) atoms. The summed E-state index contributed by atoms with van der Waals surface area (Å²) in [6, 6.07) is 7.75. The van der Waals surface area contributed by atoms with Crippen LogP contribution >= 0.6 is 27.7 Å². The summed E-state index contributed by atoms with van der Waals surface area (Å²) in [5.41, 5.74) is 3.51. The molecule has 1 amide bonds. The van der Waals surface area contributed by atoms with E-state index in [1.807, 2.05) is 36.0 Å². The molecule has 0 radical (unpaired) electrons. The standard InChI is InChI=1S/C13H16BrN3OS/c14-12-3-1-2-11(8-12)9-15-16-13(18)10-17-4-6-19-7-5-17/h1-3,8-9H,4-7,10H2,(H,16,18)/b15-9+. The Morgan fingerprint density at radius 1 is 1.47 bits per heavy atom. The van der Waals surface area contributed by atoms with E-state index in [4.69, 9.17) is 0 Å². The van der Waals surface area contributed by atoms with Crippen LogP contribution in [0.5, 0.6) is 0 Å². The number of hydrogen-bond acceptors (Lipinski definition) is 4. The highest BCUT2D eigenvalue weighted by Gasteiger charge is 2.13. The highest BCUT2D eigenvalue weighted by Crippen LogP contribution is 2.10. The molecule has 6 heteroatoms. The third-order valence-electron chi connectivity index (χ3n) is 2.72. The zero-order valence-electron chi connectivity index (χ0n) is 10.5. The Balaban J connectivity index is 1.76. The van der Waals surface area contributed by atoms with Crippen molar-refractivity contribution in [2.45, 2.75) is 0 Å². The van der Waals surface area contributed by atoms with Gasteiger partial charge in [-0.05, 0) is 17.7 Å². The fraction of sp³-hybridized carbons (Fsp3) is 0.385. The van der Waals surface area contributed by atoms with E-state index in [-0.39, 0.29) is 5.91 Å². The van der Waals surface area contributed by atoms with Crippen molar-refractivity contribution in [3.8, 4) is 0 Å². The van der Waals surface area contributed by atoms with E-state index >= 15 is 0 Å². The minimum atomic E-state index is -0.0573. The number of amides is 1. The summed E-state index contributed by atoms with van der Waals surface area (Å²) in [7, 11) is 0. The molecule has 1 heterocycles. The van der Waals surface area contributed by atoms with Crippen molar-refractivity contribution in [2.75, 3.05) is 31.1 Å². The molecule has 1 aliphatic heterocycles. The molecule has 1 aromatic rings. The van der Waals surface area contributed by atoms with Crippen molar-refractivity contribution in [1.82, 2.24) is 10.3 Å². The van der Waals surface area contributed by atoms with Crippen molar-refractivity contribution in [3.63, 3.8) is 0 Å². The van der Waals surface area contributed by atoms with Gasteiger partial charge in [-0.1, -0.05) is 28.1 Å². The number of carbonyl (C=O) groups excluding carboxylic acids is 1. The van der Waals surface area contributed by atoms with Gasteiger partial charge in [-0.3, -0.25) is 9.69 Å². The lowest BCUT2D eigenvalue weighted by molar-refractivity contribution is -0.122. The number of carbonyl (C=O) groups is 1. The van der Waals surface area contributed by atoms with Crippen LogP contribution in [0.15, 0.2) is 33.8 Å². The minimum Gasteiger partial charge on any atom is -0.293 e. The monoisotopic (exact) mass is 341 g/mol. The molecule has 0 saturated carbocycles. The Labute approximate surface area is 125 Å². The Morgan fingerprint density at radius 2 is 2.26 bits per heavy atom. The van der Waals surface area contributed by atoms with Gasteiger partial charge < -0.3 is 0 Å². The normalized spacial score (nSPS) is 16.7. The summed E-state index contributed by atoms with van der Waals surface area (Å²) in [4.78, 5) is 13.8. The molecule has 4 nitrogen and oxygen atoms in total. The molecule has 0 aromatic heterocycles. The predicted octanol–water partition coefficient (Wildman–Crippen LogP) is 1.95. The molecule has 102 valence electrons. The highest BCUT2D eigenvalue weighted by molar-refractivity contribution is 9.10. The first-order valence-corrected chi connectivity index (χ1v) is 8.06. The Hall–Kier alpha value is -0.850. The summed E-state index contributed by atoms with van der Waals surface area (Å²) in [5.74, 6) is 2.15. The van der Waals surface area contributed by atoms with Crippen LogP contribution in [0.25, 0.3) is 0 Å². The molecule has 0 spiro atoms. The second kappa shape index (κ2) is 7.67. The van der Waals surface area contributed by atoms with Crippen molar-refractivity contribution in [2.24, 2.45) is 5.10 Å². The molecule has 0 aliphatic carbocycles. The maximum absolute atomic E-state index is 11.7. The summed E-state index contributed by atoms with van der Waals surface area (Å²) in [6.45, 7) is 2.39. The van der Waals surface area contributed by atoms with E-state index in [9.17, 15) is 4.79 Å². The average Bonchev–Trinajstić information content (AvgIpc) is 2.40. The second-order valence-corrected chi connectivity index (χ2v) is 6.38. The van der Waals surface area contributed by atoms with Crippen LogP contribution in [0.4, 0.5) is 0 Å². The van der Waals surface area contributed by atoms with Crippen molar-refractivity contribution < 1.29 is 4.79 Å². The Morgan fingerprint density at radius 3 is 3.00 bits per heavy atom. The smallest absolute Gasteiger partial charge is 0.254 e. The molecule has 1 saturated heterocycles. The molecular formula is C13H16BrN3OS. The molecule has 0 unspecified atom stereocenters. The maximum atomic E-state index is 11.7. The van der Waals surface area contributed by atoms with Crippen molar-refractivity contribution in [1.29, 1.82) is 0 Å². The Kier molecular flexibility index (Phi) is 5.88. The largest absolute Gasteiger partial charge is 0.293 e. The van der Waals surface area contributed by atoms with Gasteiger partial charge >= 0.3 is 0 Å². The van der Waals surface area contributed by atoms with E-state index in [0.29, 0.717) is 6.54 Å². The van der Waals surface area contributed by atoms with Gasteiger partial charge in [0.25, 0.3) is 5.91 Å². The van der Waals surface area contributed by atoms with Gasteiger partial charge in [0, 0.05) is 29.1 Å². The molecule has 1 fully saturated rings. The Bertz CT molecular complexity index is 461. The van der Waals surface area contributed by atoms with Crippen LogP contribution in [0.3, 0.4) is 0 Å². The second-order valence-electron chi connectivity index (χ2n) is 4.24. The maximum Gasteiger partial charge on any atom is 0.254 e. The summed E-state index contributed by atoms with van der Waals surface area (Å²) >= 11 is 5.33. The fourth-order valence-electron chi connectivity index (χ4n) is 1.76. The molecule has 1 N–H and O–H groups in total. The topological polar surface area (TPSA) is 44.7 Å². The molecule has 1 aliphatic rings. The number of hydrazone groups is 1. The fourth-order valence-corrected chi connectivity index (χ4v) is 3.16. The zero-order chi connectivity index (χ0) is 13.5. The lowest BCUT2D eigenvalue weighted by atomic mass is 10.2. The van der Waals surface area contributed by atoms with Gasteiger partial charge in [0.1, 0.15) is 0 Å². The van der Waals surface area contributed by atoms with Crippen molar-refractivity contribution >= 4 is 39.8 Å². The van der Waals surface area contributed by atoms with Crippen LogP contribution in [0.2, 0.25) is 0 Å². The first-order chi connectivity index (χ1) is 9.24. The third-order valence-corrected chi connectivity index (χ3v) is 4.16. The quantitative estimate of drug-likeness (QED) is 0.672. The number of nitrogens with zero attached hydrogens (tertiary/aromatic N) is 2. The van der Waals surface area contributed by atoms with Gasteiger partial charge in [-0.25, -0.2) is 5.43 Å². The van der Waals surface area contributed by atoms with Gasteiger partial charge in [-0.2, -0.15) is 16.9 Å². The molecule has 2 rings (SSSR count). The van der Waals surface area contributed by atoms with Crippen LogP contribution in [0.1, 0.15) is 5.56 Å². The first-order valence-electron chi connectivity index (χ1n) is 6.11. The van der Waals surface area contributed by atoms with E-state index in [1.54, 1.807) is 6.21 Å². The van der Waals surface area contributed by atoms with Crippen LogP contribution < -0.4 is 5.43 Å². The van der Waals surface area contributed by atoms with Gasteiger partial charge in [0.15, 0.2) is 0 Å². The number of rotatable bonds is 4. The SMILES string of the molecule is O=C(CN1CCSCC1)N/N=C/c1cccc(Br)c1. The van der Waals surface area contributed by atoms with Crippen molar-refractivity contribution in [3.05, 3.63) is 34.3 Å². The van der Waals surface area contributed by atoms with E-state index < -0.39 is 0 Å². The van der Waals surface area contributed by atoms with Gasteiger partial charge in [0.2, 0.25) is 0 Å². The number of thioether (sulfide) groups is 1. The van der Waals surface area contributed by atoms with E-state index in [1.165, 1.54) is 0 Å². The minimum absolute atomic E-state index is 0.0573. The lowest BCUT2D eigenvalue weighted by Gasteiger charge is -2.24. The summed E-state index contributed by atoms with van der Waals surface area (Å²) < 4.78 is 0.994. The van der Waals surface area contributed by atoms with Crippen LogP contribution in [0, 0.1) is 0 Å². The van der Waals surface area contributed by atoms with E-state index in [2.05, 4.69) is 31.4 Å². The van der Waals surface area contributed by atoms with Crippen LogP contribution in [-0.4, -0.2) is 48.2 Å². The first kappa shape index (κ1) is 14.6. The highest BCUT2D eigenvalue weighted by atomic mass is 79.9. The zero-order valence-corrected chi connectivity index (χ0v) is 12.9. The molecular weight excluding hydrogens is 326 g/mol. The number of benzene rings is 1. The number of hydrogen-bond donors (Lipinski definition) is 1. The molecule has 0 bridgehead atoms. The predicted molar refractivity (Wildman–Crippen MR) is 83.6 cm³/mol. The average molecular weight is 342 g/mol. The number of nitrogens with one attached hydrogen (secondary N) is 1.